The molecular weight excluding hydrogens is 171 g/mol. The maximum absolute atomic E-state index is 7.33. The van der Waals surface area contributed by atoms with Gasteiger partial charge in [-0.15, -0.1) is 0 Å². The molecule has 0 radical (unpaired) electrons. The molecule has 0 spiro atoms. The molecule has 70 valence electrons. The molecular formula is C6H17LiO4Si. The van der Waals surface area contributed by atoms with Gasteiger partial charge >= 0.3 is 27.9 Å². The van der Waals surface area contributed by atoms with Gasteiger partial charge in [-0.2, -0.15) is 6.42 Å². The zero-order valence-electron chi connectivity index (χ0n) is 7.82. The number of rotatable bonds is 3. The van der Waals surface area contributed by atoms with Crippen LogP contribution in [0.25, 0.3) is 0 Å². The predicted octanol–water partition coefficient (Wildman–Crippen LogP) is -3.20. The fourth-order valence-electron chi connectivity index (χ4n) is 0.427. The van der Waals surface area contributed by atoms with Gasteiger partial charge in [0.1, 0.15) is 0 Å². The van der Waals surface area contributed by atoms with Gasteiger partial charge in [0, 0.05) is 0 Å². The number of hydrogen-bond acceptors (Lipinski definition) is 4. The van der Waals surface area contributed by atoms with E-state index in [-0.39, 0.29) is 18.9 Å². The summed E-state index contributed by atoms with van der Waals surface area (Å²) in [6, 6.07) is 0. The average molecular weight is 188 g/mol. The van der Waals surface area contributed by atoms with Crippen molar-refractivity contribution in [3.8, 4) is 0 Å². The van der Waals surface area contributed by atoms with Crippen LogP contribution in [0.1, 0.15) is 32.6 Å². The van der Waals surface area contributed by atoms with Gasteiger partial charge in [-0.25, -0.2) is 0 Å². The Morgan fingerprint density at radius 1 is 1.08 bits per heavy atom. The SMILES string of the molecule is O[Si](O)(O)O.[CH2-]CCCCC.[Li+]. The zero-order valence-corrected chi connectivity index (χ0v) is 8.82. The van der Waals surface area contributed by atoms with Gasteiger partial charge in [-0.1, -0.05) is 26.2 Å². The molecule has 12 heavy (non-hydrogen) atoms. The average Bonchev–Trinajstić information content (AvgIpc) is 1.79. The minimum Gasteiger partial charge on any atom is -0.368 e. The summed E-state index contributed by atoms with van der Waals surface area (Å²) in [5.74, 6) is 0. The van der Waals surface area contributed by atoms with Gasteiger partial charge < -0.3 is 26.1 Å². The summed E-state index contributed by atoms with van der Waals surface area (Å²) in [5, 5.41) is 0. The Hall–Kier alpha value is 0.654. The van der Waals surface area contributed by atoms with Crippen LogP contribution in [-0.4, -0.2) is 28.2 Å². The maximum Gasteiger partial charge on any atom is 1.00 e. The number of unbranched alkanes of at least 4 members (excludes halogenated alkanes) is 3. The van der Waals surface area contributed by atoms with Crippen molar-refractivity contribution in [2.75, 3.05) is 0 Å². The second-order valence-electron chi connectivity index (χ2n) is 2.16. The maximum atomic E-state index is 7.33. The molecule has 4 N–H and O–H groups in total. The van der Waals surface area contributed by atoms with Crippen LogP contribution in [0.4, 0.5) is 0 Å². The third kappa shape index (κ3) is 74.4. The van der Waals surface area contributed by atoms with Crippen LogP contribution in [0.5, 0.6) is 0 Å². The molecule has 0 fully saturated rings. The topological polar surface area (TPSA) is 80.9 Å². The van der Waals surface area contributed by atoms with Crippen LogP contribution >= 0.6 is 0 Å². The van der Waals surface area contributed by atoms with Crippen molar-refractivity contribution >= 4 is 9.05 Å². The first-order valence-electron chi connectivity index (χ1n) is 3.60. The molecule has 0 rings (SSSR count). The fourth-order valence-corrected chi connectivity index (χ4v) is 0.427. The van der Waals surface area contributed by atoms with Crippen molar-refractivity contribution in [3.63, 3.8) is 0 Å². The van der Waals surface area contributed by atoms with E-state index < -0.39 is 9.05 Å². The number of hydrogen-bond donors (Lipinski definition) is 4. The Bertz CT molecular complexity index is 66.4. The smallest absolute Gasteiger partial charge is 0.368 e. The Kier molecular flexibility index (Phi) is 17.9. The summed E-state index contributed by atoms with van der Waals surface area (Å²) >= 11 is 0. The van der Waals surface area contributed by atoms with E-state index in [1.807, 2.05) is 0 Å². The molecule has 0 unspecified atom stereocenters. The normalized spacial score (nSPS) is 9.50. The van der Waals surface area contributed by atoms with E-state index in [1.165, 1.54) is 19.3 Å². The van der Waals surface area contributed by atoms with Crippen LogP contribution in [0.15, 0.2) is 0 Å². The van der Waals surface area contributed by atoms with Crippen molar-refractivity contribution in [3.05, 3.63) is 6.92 Å². The predicted molar refractivity (Wildman–Crippen MR) is 44.1 cm³/mol. The Labute approximate surface area is 86.9 Å². The molecule has 0 aromatic rings. The first-order chi connectivity index (χ1) is 4.91. The summed E-state index contributed by atoms with van der Waals surface area (Å²) in [6.07, 6.45) is 5.07. The van der Waals surface area contributed by atoms with Crippen LogP contribution in [0.3, 0.4) is 0 Å². The van der Waals surface area contributed by atoms with E-state index in [1.54, 1.807) is 0 Å². The van der Waals surface area contributed by atoms with E-state index in [9.17, 15) is 0 Å². The van der Waals surface area contributed by atoms with E-state index in [0.29, 0.717) is 0 Å². The second kappa shape index (κ2) is 11.7. The fraction of sp³-hybridized carbons (Fsp3) is 0.833. The van der Waals surface area contributed by atoms with Crippen LogP contribution in [0, 0.1) is 6.92 Å². The van der Waals surface area contributed by atoms with Gasteiger partial charge in [-0.3, -0.25) is 0 Å². The second-order valence-corrected chi connectivity index (χ2v) is 3.36. The summed E-state index contributed by atoms with van der Waals surface area (Å²) in [4.78, 5) is 29.3. The quantitative estimate of drug-likeness (QED) is 0.213. The summed E-state index contributed by atoms with van der Waals surface area (Å²) in [6.45, 7) is 5.93. The van der Waals surface area contributed by atoms with E-state index in [2.05, 4.69) is 13.8 Å². The van der Waals surface area contributed by atoms with Crippen LogP contribution in [0.2, 0.25) is 0 Å². The first kappa shape index (κ1) is 18.4. The molecule has 0 aliphatic carbocycles. The largest absolute Gasteiger partial charge is 1.00 e. The molecule has 0 aliphatic heterocycles. The molecule has 0 aliphatic rings. The zero-order chi connectivity index (χ0) is 9.33. The summed E-state index contributed by atoms with van der Waals surface area (Å²) in [7, 11) is -4.61. The van der Waals surface area contributed by atoms with Crippen LogP contribution < -0.4 is 18.9 Å². The molecule has 0 amide bonds. The molecule has 0 atom stereocenters. The van der Waals surface area contributed by atoms with Crippen molar-refractivity contribution in [2.45, 2.75) is 32.6 Å². The minimum absolute atomic E-state index is 0. The van der Waals surface area contributed by atoms with Gasteiger partial charge in [-0.05, 0) is 0 Å². The van der Waals surface area contributed by atoms with Gasteiger partial charge in [0.05, 0.1) is 0 Å². The van der Waals surface area contributed by atoms with Gasteiger partial charge in [0.2, 0.25) is 0 Å². The van der Waals surface area contributed by atoms with Gasteiger partial charge in [0.25, 0.3) is 0 Å². The molecule has 6 heteroatoms. The van der Waals surface area contributed by atoms with Crippen molar-refractivity contribution in [2.24, 2.45) is 0 Å². The molecule has 0 aromatic heterocycles. The third-order valence-corrected chi connectivity index (χ3v) is 0.854. The van der Waals surface area contributed by atoms with Crippen molar-refractivity contribution in [1.29, 1.82) is 0 Å². The molecule has 0 saturated carbocycles. The van der Waals surface area contributed by atoms with E-state index in [0.717, 1.165) is 6.42 Å². The monoisotopic (exact) mass is 188 g/mol. The molecule has 4 nitrogen and oxygen atoms in total. The molecule has 0 saturated heterocycles. The molecule has 0 aromatic carbocycles. The molecule has 0 heterocycles. The summed E-state index contributed by atoms with van der Waals surface area (Å²) < 4.78 is 0. The van der Waals surface area contributed by atoms with Crippen molar-refractivity contribution in [1.82, 2.24) is 0 Å². The summed E-state index contributed by atoms with van der Waals surface area (Å²) in [5.41, 5.74) is 0. The van der Waals surface area contributed by atoms with Gasteiger partial charge in [0.15, 0.2) is 0 Å². The first-order valence-corrected chi connectivity index (χ1v) is 5.39. The van der Waals surface area contributed by atoms with E-state index in [4.69, 9.17) is 19.2 Å². The Morgan fingerprint density at radius 2 is 1.42 bits per heavy atom. The minimum atomic E-state index is -4.61. The van der Waals surface area contributed by atoms with E-state index >= 15 is 0 Å². The standard InChI is InChI=1S/C6H13.Li.H4O4Si/c1-3-5-6-4-2;;1-5(2,3)4/h1,3-6H2,2H3;;1-4H/q-1;+1;. The van der Waals surface area contributed by atoms with Crippen LogP contribution in [-0.2, 0) is 0 Å². The third-order valence-electron chi connectivity index (χ3n) is 0.854. The Morgan fingerprint density at radius 3 is 1.50 bits per heavy atom. The Balaban J connectivity index is -0.000000126. The van der Waals surface area contributed by atoms with Crippen molar-refractivity contribution < 1.29 is 38.0 Å². The molecule has 0 bridgehead atoms.